The van der Waals surface area contributed by atoms with Gasteiger partial charge in [0.15, 0.2) is 4.77 Å². The predicted molar refractivity (Wildman–Crippen MR) is 81.1 cm³/mol. The normalized spacial score (nSPS) is 18.0. The lowest BCUT2D eigenvalue weighted by atomic mass is 10.1. The van der Waals surface area contributed by atoms with E-state index >= 15 is 0 Å². The number of H-pyrrole nitrogens is 2. The zero-order chi connectivity index (χ0) is 14.8. The van der Waals surface area contributed by atoms with Crippen molar-refractivity contribution in [2.75, 3.05) is 13.2 Å². The molecule has 1 aromatic carbocycles. The number of fused-ring (bicyclic) bond motifs is 1. The van der Waals surface area contributed by atoms with Crippen LogP contribution in [0.25, 0.3) is 10.9 Å². The second-order valence-electron chi connectivity index (χ2n) is 5.01. The van der Waals surface area contributed by atoms with Crippen molar-refractivity contribution in [3.63, 3.8) is 0 Å². The molecule has 0 saturated carbocycles. The molecule has 1 unspecified atom stereocenters. The Balaban J connectivity index is 1.81. The van der Waals surface area contributed by atoms with Gasteiger partial charge >= 0.3 is 0 Å². The summed E-state index contributed by atoms with van der Waals surface area (Å²) in [6.45, 7) is 1.26. The molecule has 1 saturated heterocycles. The third-order valence-corrected chi connectivity index (χ3v) is 3.72. The molecule has 1 aliphatic heterocycles. The molecule has 1 atom stereocenters. The van der Waals surface area contributed by atoms with Crippen LogP contribution in [-0.2, 0) is 4.74 Å². The Bertz CT molecular complexity index is 790. The van der Waals surface area contributed by atoms with E-state index in [1.807, 2.05) is 0 Å². The summed E-state index contributed by atoms with van der Waals surface area (Å²) in [6, 6.07) is 4.87. The molecule has 1 fully saturated rings. The molecule has 2 aromatic rings. The molecule has 3 N–H and O–H groups in total. The van der Waals surface area contributed by atoms with E-state index in [0.29, 0.717) is 23.0 Å². The summed E-state index contributed by atoms with van der Waals surface area (Å²) < 4.78 is 5.70. The van der Waals surface area contributed by atoms with E-state index < -0.39 is 0 Å². The van der Waals surface area contributed by atoms with Crippen LogP contribution in [0.5, 0.6) is 0 Å². The van der Waals surface area contributed by atoms with Gasteiger partial charge in [0.25, 0.3) is 11.5 Å². The molecule has 0 spiro atoms. The summed E-state index contributed by atoms with van der Waals surface area (Å²) in [5.41, 5.74) is 0.769. The largest absolute Gasteiger partial charge is 0.376 e. The number of amides is 1. The number of benzene rings is 1. The van der Waals surface area contributed by atoms with Crippen LogP contribution in [0.15, 0.2) is 23.0 Å². The summed E-state index contributed by atoms with van der Waals surface area (Å²) >= 11 is 4.93. The lowest BCUT2D eigenvalue weighted by molar-refractivity contribution is 0.0858. The molecule has 1 aromatic heterocycles. The molecular weight excluding hydrogens is 290 g/mol. The summed E-state index contributed by atoms with van der Waals surface area (Å²) in [7, 11) is 0. The summed E-state index contributed by atoms with van der Waals surface area (Å²) in [5, 5.41) is 3.32. The van der Waals surface area contributed by atoms with Gasteiger partial charge in [-0.3, -0.25) is 14.6 Å². The van der Waals surface area contributed by atoms with Crippen molar-refractivity contribution in [3.05, 3.63) is 38.9 Å². The van der Waals surface area contributed by atoms with Gasteiger partial charge in [-0.1, -0.05) is 0 Å². The van der Waals surface area contributed by atoms with Crippen molar-refractivity contribution >= 4 is 29.0 Å². The average Bonchev–Trinajstić information content (AvgIpc) is 2.97. The van der Waals surface area contributed by atoms with Gasteiger partial charge in [0.05, 0.1) is 17.0 Å². The zero-order valence-corrected chi connectivity index (χ0v) is 12.1. The van der Waals surface area contributed by atoms with Gasteiger partial charge in [-0.15, -0.1) is 0 Å². The third kappa shape index (κ3) is 3.03. The minimum absolute atomic E-state index is 0.100. The third-order valence-electron chi connectivity index (χ3n) is 3.52. The fourth-order valence-electron chi connectivity index (χ4n) is 2.42. The van der Waals surface area contributed by atoms with Crippen LogP contribution in [0.2, 0.25) is 0 Å². The highest BCUT2D eigenvalue weighted by Crippen LogP contribution is 2.12. The quantitative estimate of drug-likeness (QED) is 0.750. The first kappa shape index (κ1) is 14.0. The highest BCUT2D eigenvalue weighted by Gasteiger charge is 2.16. The number of ether oxygens (including phenoxy) is 1. The van der Waals surface area contributed by atoms with Crippen molar-refractivity contribution < 1.29 is 9.53 Å². The van der Waals surface area contributed by atoms with Crippen LogP contribution in [0.3, 0.4) is 0 Å². The second-order valence-corrected chi connectivity index (χ2v) is 5.42. The Hall–Kier alpha value is -1.99. The van der Waals surface area contributed by atoms with E-state index in [2.05, 4.69) is 15.3 Å². The van der Waals surface area contributed by atoms with Crippen LogP contribution >= 0.6 is 12.2 Å². The van der Waals surface area contributed by atoms with Crippen LogP contribution in [0, 0.1) is 4.77 Å². The average molecular weight is 305 g/mol. The summed E-state index contributed by atoms with van der Waals surface area (Å²) in [4.78, 5) is 29.2. The monoisotopic (exact) mass is 305 g/mol. The summed E-state index contributed by atoms with van der Waals surface area (Å²) in [5.74, 6) is -0.188. The van der Waals surface area contributed by atoms with E-state index in [1.165, 1.54) is 0 Å². The minimum atomic E-state index is -0.264. The second kappa shape index (κ2) is 5.79. The van der Waals surface area contributed by atoms with Crippen molar-refractivity contribution in [2.24, 2.45) is 0 Å². The first-order valence-corrected chi connectivity index (χ1v) is 7.20. The molecule has 110 valence electrons. The van der Waals surface area contributed by atoms with Crippen LogP contribution in [0.1, 0.15) is 23.2 Å². The Kier molecular flexibility index (Phi) is 3.85. The van der Waals surface area contributed by atoms with Gasteiger partial charge in [0.1, 0.15) is 0 Å². The SMILES string of the molecule is O=C(NCC1CCCO1)c1ccc2c(=O)[nH]c(=S)[nH]c2c1. The maximum atomic E-state index is 12.1. The topological polar surface area (TPSA) is 87.0 Å². The fourth-order valence-corrected chi connectivity index (χ4v) is 2.63. The van der Waals surface area contributed by atoms with Crippen molar-refractivity contribution in [3.8, 4) is 0 Å². The van der Waals surface area contributed by atoms with E-state index in [9.17, 15) is 9.59 Å². The fraction of sp³-hybridized carbons (Fsp3) is 0.357. The maximum Gasteiger partial charge on any atom is 0.259 e. The molecule has 21 heavy (non-hydrogen) atoms. The van der Waals surface area contributed by atoms with E-state index in [0.717, 1.165) is 19.4 Å². The van der Waals surface area contributed by atoms with Crippen LogP contribution in [-0.4, -0.2) is 35.1 Å². The first-order valence-electron chi connectivity index (χ1n) is 6.79. The maximum absolute atomic E-state index is 12.1. The highest BCUT2D eigenvalue weighted by molar-refractivity contribution is 7.71. The number of aromatic amines is 2. The van der Waals surface area contributed by atoms with Crippen molar-refractivity contribution in [2.45, 2.75) is 18.9 Å². The Morgan fingerprint density at radius 2 is 2.29 bits per heavy atom. The number of rotatable bonds is 3. The Morgan fingerprint density at radius 3 is 3.05 bits per heavy atom. The molecule has 0 aliphatic carbocycles. The first-order chi connectivity index (χ1) is 10.1. The van der Waals surface area contributed by atoms with Gasteiger partial charge in [-0.05, 0) is 43.3 Å². The van der Waals surface area contributed by atoms with Gasteiger partial charge in [-0.25, -0.2) is 0 Å². The molecule has 2 heterocycles. The minimum Gasteiger partial charge on any atom is -0.376 e. The predicted octanol–water partition coefficient (Wildman–Crippen LogP) is 1.49. The number of nitrogens with one attached hydrogen (secondary N) is 3. The van der Waals surface area contributed by atoms with Crippen LogP contribution < -0.4 is 10.9 Å². The number of hydrogen-bond donors (Lipinski definition) is 3. The van der Waals surface area contributed by atoms with E-state index in [1.54, 1.807) is 18.2 Å². The van der Waals surface area contributed by atoms with Gasteiger partial charge in [0, 0.05) is 18.7 Å². The molecule has 1 aliphatic rings. The van der Waals surface area contributed by atoms with Crippen molar-refractivity contribution in [1.82, 2.24) is 15.3 Å². The number of carbonyl (C=O) groups excluding carboxylic acids is 1. The molecule has 3 rings (SSSR count). The Labute approximate surface area is 125 Å². The van der Waals surface area contributed by atoms with Crippen molar-refractivity contribution in [1.29, 1.82) is 0 Å². The van der Waals surface area contributed by atoms with E-state index in [4.69, 9.17) is 17.0 Å². The highest BCUT2D eigenvalue weighted by atomic mass is 32.1. The molecular formula is C14H15N3O3S. The number of hydrogen-bond acceptors (Lipinski definition) is 4. The standard InChI is InChI=1S/C14H15N3O3S/c18-12(15-7-9-2-1-5-20-9)8-3-4-10-11(6-8)16-14(21)17-13(10)19/h3-4,6,9H,1-2,5,7H2,(H,15,18)(H2,16,17,19,21). The zero-order valence-electron chi connectivity index (χ0n) is 11.3. The molecule has 7 heteroatoms. The molecule has 6 nitrogen and oxygen atoms in total. The molecule has 0 bridgehead atoms. The van der Waals surface area contributed by atoms with Gasteiger partial charge < -0.3 is 15.0 Å². The lowest BCUT2D eigenvalue weighted by Gasteiger charge is -2.11. The van der Waals surface area contributed by atoms with Gasteiger partial charge in [0.2, 0.25) is 0 Å². The number of carbonyl (C=O) groups is 1. The molecule has 0 radical (unpaired) electrons. The number of aromatic nitrogens is 2. The summed E-state index contributed by atoms with van der Waals surface area (Å²) in [6.07, 6.45) is 2.11. The smallest absolute Gasteiger partial charge is 0.259 e. The lowest BCUT2D eigenvalue weighted by Crippen LogP contribution is -2.31. The van der Waals surface area contributed by atoms with Gasteiger partial charge in [-0.2, -0.15) is 0 Å². The van der Waals surface area contributed by atoms with E-state index in [-0.39, 0.29) is 22.3 Å². The van der Waals surface area contributed by atoms with Crippen LogP contribution in [0.4, 0.5) is 0 Å². The molecule has 1 amide bonds. The Morgan fingerprint density at radius 1 is 1.43 bits per heavy atom.